The molecule has 0 saturated carbocycles. The van der Waals surface area contributed by atoms with E-state index in [0.717, 1.165) is 12.1 Å². The molecule has 1 aliphatic heterocycles. The molecule has 20 heavy (non-hydrogen) atoms. The summed E-state index contributed by atoms with van der Waals surface area (Å²) in [4.78, 5) is 14.5. The van der Waals surface area contributed by atoms with Gasteiger partial charge in [-0.25, -0.2) is 0 Å². The molecule has 1 aromatic heterocycles. The fraction of sp³-hybridized carbons (Fsp3) is 0.714. The Balaban J connectivity index is 2.16. The molecule has 6 heteroatoms. The highest BCUT2D eigenvalue weighted by atomic mass is 16.5. The minimum absolute atomic E-state index is 0.0213. The zero-order valence-corrected chi connectivity index (χ0v) is 12.5. The third-order valence-electron chi connectivity index (χ3n) is 3.68. The highest BCUT2D eigenvalue weighted by Gasteiger charge is 2.28. The molecule has 1 saturated heterocycles. The van der Waals surface area contributed by atoms with Crippen LogP contribution in [-0.4, -0.2) is 52.4 Å². The Morgan fingerprint density at radius 1 is 1.60 bits per heavy atom. The average Bonchev–Trinajstić information content (AvgIpc) is 2.90. The van der Waals surface area contributed by atoms with Crippen molar-refractivity contribution in [1.29, 1.82) is 0 Å². The molecule has 0 bridgehead atoms. The SMILES string of the molecule is CCc1cc(C(=O)N2CCOC(C(C)N)C2)n(CC)n1. The monoisotopic (exact) mass is 280 g/mol. The maximum Gasteiger partial charge on any atom is 0.272 e. The van der Waals surface area contributed by atoms with Crippen LogP contribution in [0.4, 0.5) is 0 Å². The minimum atomic E-state index is -0.0867. The predicted octanol–water partition coefficient (Wildman–Crippen LogP) is 0.654. The molecule has 0 radical (unpaired) electrons. The van der Waals surface area contributed by atoms with E-state index in [-0.39, 0.29) is 18.1 Å². The van der Waals surface area contributed by atoms with E-state index in [2.05, 4.69) is 5.10 Å². The van der Waals surface area contributed by atoms with Gasteiger partial charge in [-0.3, -0.25) is 9.48 Å². The summed E-state index contributed by atoms with van der Waals surface area (Å²) in [6.45, 7) is 8.33. The van der Waals surface area contributed by atoms with Crippen LogP contribution in [0.2, 0.25) is 0 Å². The highest BCUT2D eigenvalue weighted by molar-refractivity contribution is 5.92. The second-order valence-electron chi connectivity index (χ2n) is 5.21. The molecule has 1 aliphatic rings. The summed E-state index contributed by atoms with van der Waals surface area (Å²) in [7, 11) is 0. The lowest BCUT2D eigenvalue weighted by Crippen LogP contribution is -2.51. The van der Waals surface area contributed by atoms with Gasteiger partial charge in [0, 0.05) is 25.7 Å². The van der Waals surface area contributed by atoms with Crippen LogP contribution in [0.5, 0.6) is 0 Å². The molecule has 1 aromatic rings. The lowest BCUT2D eigenvalue weighted by molar-refractivity contribution is -0.0303. The smallest absolute Gasteiger partial charge is 0.272 e. The fourth-order valence-electron chi connectivity index (χ4n) is 2.40. The number of aryl methyl sites for hydroxylation is 2. The Morgan fingerprint density at radius 3 is 2.95 bits per heavy atom. The summed E-state index contributed by atoms with van der Waals surface area (Å²) in [5.74, 6) is 0.0213. The van der Waals surface area contributed by atoms with Crippen molar-refractivity contribution in [1.82, 2.24) is 14.7 Å². The number of nitrogens with zero attached hydrogens (tertiary/aromatic N) is 3. The van der Waals surface area contributed by atoms with Crippen molar-refractivity contribution < 1.29 is 9.53 Å². The molecular weight excluding hydrogens is 256 g/mol. The van der Waals surface area contributed by atoms with Crippen LogP contribution in [0, 0.1) is 0 Å². The van der Waals surface area contributed by atoms with E-state index in [1.807, 2.05) is 31.7 Å². The van der Waals surface area contributed by atoms with Crippen molar-refractivity contribution in [3.05, 3.63) is 17.5 Å². The number of morpholine rings is 1. The first kappa shape index (κ1) is 15.0. The van der Waals surface area contributed by atoms with Crippen LogP contribution in [-0.2, 0) is 17.7 Å². The second kappa shape index (κ2) is 6.37. The van der Waals surface area contributed by atoms with Crippen LogP contribution >= 0.6 is 0 Å². The number of ether oxygens (including phenoxy) is 1. The predicted molar refractivity (Wildman–Crippen MR) is 76.6 cm³/mol. The lowest BCUT2D eigenvalue weighted by atomic mass is 10.1. The van der Waals surface area contributed by atoms with Crippen LogP contribution in [0.3, 0.4) is 0 Å². The standard InChI is InChI=1S/C14H24N4O2/c1-4-11-8-12(18(5-2)16-11)14(19)17-6-7-20-13(9-17)10(3)15/h8,10,13H,4-7,9,15H2,1-3H3. The Labute approximate surface area is 119 Å². The summed E-state index contributed by atoms with van der Waals surface area (Å²) in [6, 6.07) is 1.82. The molecule has 1 amide bonds. The molecule has 0 aromatic carbocycles. The molecule has 2 atom stereocenters. The normalized spacial score (nSPS) is 21.0. The summed E-state index contributed by atoms with van der Waals surface area (Å²) >= 11 is 0. The fourth-order valence-corrected chi connectivity index (χ4v) is 2.40. The van der Waals surface area contributed by atoms with Crippen molar-refractivity contribution in [2.24, 2.45) is 5.73 Å². The van der Waals surface area contributed by atoms with Gasteiger partial charge < -0.3 is 15.4 Å². The lowest BCUT2D eigenvalue weighted by Gasteiger charge is -2.34. The van der Waals surface area contributed by atoms with Crippen molar-refractivity contribution in [3.8, 4) is 0 Å². The summed E-state index contributed by atoms with van der Waals surface area (Å²) in [6.07, 6.45) is 0.745. The number of hydrogen-bond donors (Lipinski definition) is 1. The zero-order valence-electron chi connectivity index (χ0n) is 12.5. The first-order valence-corrected chi connectivity index (χ1v) is 7.30. The molecule has 0 aliphatic carbocycles. The van der Waals surface area contributed by atoms with Crippen molar-refractivity contribution in [2.45, 2.75) is 45.9 Å². The Bertz CT molecular complexity index is 470. The van der Waals surface area contributed by atoms with Gasteiger partial charge in [-0.2, -0.15) is 5.10 Å². The van der Waals surface area contributed by atoms with Gasteiger partial charge in [-0.1, -0.05) is 6.92 Å². The molecule has 2 N–H and O–H groups in total. The van der Waals surface area contributed by atoms with Crippen LogP contribution in [0.1, 0.15) is 37.0 Å². The molecule has 2 heterocycles. The number of carbonyl (C=O) groups excluding carboxylic acids is 1. The molecule has 2 rings (SSSR count). The van der Waals surface area contributed by atoms with Crippen molar-refractivity contribution in [2.75, 3.05) is 19.7 Å². The van der Waals surface area contributed by atoms with E-state index < -0.39 is 0 Å². The number of aromatic nitrogens is 2. The maximum absolute atomic E-state index is 12.6. The van der Waals surface area contributed by atoms with Gasteiger partial charge in [0.05, 0.1) is 18.4 Å². The van der Waals surface area contributed by atoms with Gasteiger partial charge in [-0.15, -0.1) is 0 Å². The summed E-state index contributed by atoms with van der Waals surface area (Å²) < 4.78 is 7.37. The Kier molecular flexibility index (Phi) is 4.77. The molecule has 112 valence electrons. The van der Waals surface area contributed by atoms with E-state index in [1.54, 1.807) is 4.68 Å². The number of nitrogens with two attached hydrogens (primary N) is 1. The van der Waals surface area contributed by atoms with Gasteiger partial charge in [0.1, 0.15) is 5.69 Å². The van der Waals surface area contributed by atoms with E-state index in [1.165, 1.54) is 0 Å². The van der Waals surface area contributed by atoms with E-state index >= 15 is 0 Å². The van der Waals surface area contributed by atoms with Gasteiger partial charge >= 0.3 is 0 Å². The first-order chi connectivity index (χ1) is 9.56. The largest absolute Gasteiger partial charge is 0.373 e. The third-order valence-corrected chi connectivity index (χ3v) is 3.68. The van der Waals surface area contributed by atoms with E-state index in [0.29, 0.717) is 31.9 Å². The number of hydrogen-bond acceptors (Lipinski definition) is 4. The third kappa shape index (κ3) is 3.02. The van der Waals surface area contributed by atoms with Gasteiger partial charge in [0.25, 0.3) is 5.91 Å². The average molecular weight is 280 g/mol. The van der Waals surface area contributed by atoms with Gasteiger partial charge in [-0.05, 0) is 26.3 Å². The van der Waals surface area contributed by atoms with Crippen molar-refractivity contribution >= 4 is 5.91 Å². The molecule has 2 unspecified atom stereocenters. The van der Waals surface area contributed by atoms with E-state index in [9.17, 15) is 4.79 Å². The zero-order chi connectivity index (χ0) is 14.7. The van der Waals surface area contributed by atoms with Crippen LogP contribution in [0.25, 0.3) is 0 Å². The van der Waals surface area contributed by atoms with E-state index in [4.69, 9.17) is 10.5 Å². The van der Waals surface area contributed by atoms with Crippen molar-refractivity contribution in [3.63, 3.8) is 0 Å². The quantitative estimate of drug-likeness (QED) is 0.879. The number of carbonyl (C=O) groups is 1. The summed E-state index contributed by atoms with van der Waals surface area (Å²) in [5, 5.41) is 4.43. The molecule has 0 spiro atoms. The highest BCUT2D eigenvalue weighted by Crippen LogP contribution is 2.14. The first-order valence-electron chi connectivity index (χ1n) is 7.30. The van der Waals surface area contributed by atoms with Crippen LogP contribution < -0.4 is 5.73 Å². The molecular formula is C14H24N4O2. The molecule has 6 nitrogen and oxygen atoms in total. The van der Waals surface area contributed by atoms with Crippen LogP contribution in [0.15, 0.2) is 6.07 Å². The molecule has 1 fully saturated rings. The van der Waals surface area contributed by atoms with Gasteiger partial charge in [0.2, 0.25) is 0 Å². The Morgan fingerprint density at radius 2 is 2.35 bits per heavy atom. The Hall–Kier alpha value is -1.40. The summed E-state index contributed by atoms with van der Waals surface area (Å²) in [5.41, 5.74) is 7.48. The maximum atomic E-state index is 12.6. The number of amides is 1. The van der Waals surface area contributed by atoms with Gasteiger partial charge in [0.15, 0.2) is 0 Å². The topological polar surface area (TPSA) is 73.4 Å². The number of rotatable bonds is 4. The minimum Gasteiger partial charge on any atom is -0.373 e. The second-order valence-corrected chi connectivity index (χ2v) is 5.21.